The fourth-order valence-corrected chi connectivity index (χ4v) is 2.56. The van der Waals surface area contributed by atoms with Gasteiger partial charge in [0.05, 0.1) is 12.0 Å². The van der Waals surface area contributed by atoms with Crippen molar-refractivity contribution in [1.82, 2.24) is 15.3 Å². The highest BCUT2D eigenvalue weighted by Gasteiger charge is 2.15. The van der Waals surface area contributed by atoms with Crippen molar-refractivity contribution >= 4 is 18.2 Å². The summed E-state index contributed by atoms with van der Waals surface area (Å²) in [4.78, 5) is 35.2. The number of carbonyl (C=O) groups excluding carboxylic acids is 2. The van der Waals surface area contributed by atoms with Gasteiger partial charge in [-0.25, -0.2) is 14.8 Å². The van der Waals surface area contributed by atoms with Crippen LogP contribution in [0.3, 0.4) is 0 Å². The van der Waals surface area contributed by atoms with E-state index in [4.69, 9.17) is 4.74 Å². The van der Waals surface area contributed by atoms with E-state index < -0.39 is 12.0 Å². The van der Waals surface area contributed by atoms with Gasteiger partial charge in [-0.3, -0.25) is 4.79 Å². The molecular weight excluding hydrogens is 356 g/mol. The molecule has 0 aliphatic rings. The summed E-state index contributed by atoms with van der Waals surface area (Å²) in [6.45, 7) is 7.36. The maximum Gasteiger partial charge on any atom is 0.407 e. The largest absolute Gasteiger partial charge is 0.447 e. The van der Waals surface area contributed by atoms with Crippen molar-refractivity contribution in [3.63, 3.8) is 0 Å². The summed E-state index contributed by atoms with van der Waals surface area (Å²) in [6.07, 6.45) is 4.03. The molecule has 1 atom stereocenters. The molecule has 0 aliphatic carbocycles. The second kappa shape index (κ2) is 10.4. The van der Waals surface area contributed by atoms with Gasteiger partial charge >= 0.3 is 6.09 Å². The average Bonchev–Trinajstić information content (AvgIpc) is 3.13. The summed E-state index contributed by atoms with van der Waals surface area (Å²) in [5.74, 6) is 0.146. The number of hydrogen-bond acceptors (Lipinski definition) is 4. The van der Waals surface area contributed by atoms with Crippen LogP contribution in [0.2, 0.25) is 0 Å². The molecule has 0 fully saturated rings. The van der Waals surface area contributed by atoms with Gasteiger partial charge in [-0.15, -0.1) is 0 Å². The van der Waals surface area contributed by atoms with E-state index in [1.54, 1.807) is 26.3 Å². The Bertz CT molecular complexity index is 809. The van der Waals surface area contributed by atoms with Gasteiger partial charge in [0.25, 0.3) is 5.91 Å². The van der Waals surface area contributed by atoms with Crippen LogP contribution in [0.1, 0.15) is 49.3 Å². The Kier molecular flexibility index (Phi) is 7.92. The Balaban J connectivity index is 2.05. The van der Waals surface area contributed by atoms with Gasteiger partial charge in [0, 0.05) is 18.1 Å². The lowest BCUT2D eigenvalue weighted by atomic mass is 9.99. The summed E-state index contributed by atoms with van der Waals surface area (Å²) in [7, 11) is 0. The third-order valence-electron chi connectivity index (χ3n) is 4.08. The number of carbonyl (C=O) groups is 2. The molecule has 7 heteroatoms. The third-order valence-corrected chi connectivity index (χ3v) is 4.08. The first-order chi connectivity index (χ1) is 13.4. The number of rotatable bonds is 8. The number of nitrogens with zero attached hydrogens (tertiary/aromatic N) is 2. The molecule has 2 N–H and O–H groups in total. The number of aromatic amines is 1. The molecule has 2 aromatic rings. The zero-order valence-electron chi connectivity index (χ0n) is 16.9. The monoisotopic (exact) mass is 384 g/mol. The van der Waals surface area contributed by atoms with Crippen LogP contribution >= 0.6 is 0 Å². The van der Waals surface area contributed by atoms with Gasteiger partial charge in [0.15, 0.2) is 0 Å². The van der Waals surface area contributed by atoms with Gasteiger partial charge in [-0.1, -0.05) is 36.8 Å². The molecule has 1 heterocycles. The Hall–Kier alpha value is -2.96. The number of nitrogens with one attached hydrogen (secondary N) is 2. The number of aliphatic imine (C=N–C) groups is 1. The van der Waals surface area contributed by atoms with Crippen molar-refractivity contribution in [2.75, 3.05) is 6.54 Å². The van der Waals surface area contributed by atoms with E-state index in [2.05, 4.69) is 44.5 Å². The first kappa shape index (κ1) is 21.3. The highest BCUT2D eigenvalue weighted by Crippen LogP contribution is 2.18. The van der Waals surface area contributed by atoms with Crippen molar-refractivity contribution in [3.05, 3.63) is 53.1 Å². The zero-order chi connectivity index (χ0) is 20.5. The molecule has 1 aromatic heterocycles. The van der Waals surface area contributed by atoms with Crippen LogP contribution in [0.5, 0.6) is 0 Å². The number of alkyl carbamates (subject to hydrolysis) is 1. The second-order valence-electron chi connectivity index (χ2n) is 6.92. The SMILES string of the molecule is CCc1cnc(C(C=NC(=O)CNC(=O)OC(C)C)Cc2ccc(C)cc2)[nH]1. The summed E-state index contributed by atoms with van der Waals surface area (Å²) in [5, 5.41) is 2.40. The van der Waals surface area contributed by atoms with E-state index >= 15 is 0 Å². The van der Waals surface area contributed by atoms with Gasteiger partial charge < -0.3 is 15.0 Å². The fraction of sp³-hybridized carbons (Fsp3) is 0.429. The van der Waals surface area contributed by atoms with Crippen LogP contribution in [0.4, 0.5) is 4.79 Å². The van der Waals surface area contributed by atoms with Crippen molar-refractivity contribution in [3.8, 4) is 0 Å². The van der Waals surface area contributed by atoms with Crippen molar-refractivity contribution < 1.29 is 14.3 Å². The number of imidazole rings is 1. The normalized spacial score (nSPS) is 12.3. The van der Waals surface area contributed by atoms with Gasteiger partial charge in [0.1, 0.15) is 12.4 Å². The average molecular weight is 384 g/mol. The van der Waals surface area contributed by atoms with E-state index in [0.29, 0.717) is 6.42 Å². The third kappa shape index (κ3) is 6.98. The number of H-pyrrole nitrogens is 1. The molecule has 28 heavy (non-hydrogen) atoms. The number of hydrogen-bond donors (Lipinski definition) is 2. The van der Waals surface area contributed by atoms with Crippen molar-refractivity contribution in [2.24, 2.45) is 4.99 Å². The van der Waals surface area contributed by atoms with E-state index in [9.17, 15) is 9.59 Å². The molecule has 150 valence electrons. The minimum Gasteiger partial charge on any atom is -0.447 e. The Labute approximate surface area is 165 Å². The molecule has 0 saturated carbocycles. The van der Waals surface area contributed by atoms with Gasteiger partial charge in [0.2, 0.25) is 0 Å². The lowest BCUT2D eigenvalue weighted by Crippen LogP contribution is -2.31. The summed E-state index contributed by atoms with van der Waals surface area (Å²) < 4.78 is 4.93. The quantitative estimate of drug-likeness (QED) is 0.682. The van der Waals surface area contributed by atoms with E-state index in [1.807, 2.05) is 13.8 Å². The molecule has 0 spiro atoms. The summed E-state index contributed by atoms with van der Waals surface area (Å²) in [6, 6.07) is 8.23. The first-order valence-corrected chi connectivity index (χ1v) is 9.48. The molecule has 2 amide bonds. The molecule has 2 rings (SSSR count). The summed E-state index contributed by atoms with van der Waals surface area (Å²) in [5.41, 5.74) is 3.35. The molecule has 0 bridgehead atoms. The fourth-order valence-electron chi connectivity index (χ4n) is 2.56. The van der Waals surface area contributed by atoms with E-state index in [1.165, 1.54) is 5.56 Å². The van der Waals surface area contributed by atoms with Crippen LogP contribution in [0.25, 0.3) is 0 Å². The first-order valence-electron chi connectivity index (χ1n) is 9.48. The van der Waals surface area contributed by atoms with E-state index in [0.717, 1.165) is 23.5 Å². The molecular formula is C21H28N4O3. The lowest BCUT2D eigenvalue weighted by Gasteiger charge is -2.10. The summed E-state index contributed by atoms with van der Waals surface area (Å²) >= 11 is 0. The number of benzene rings is 1. The van der Waals surface area contributed by atoms with Crippen LogP contribution in [0.15, 0.2) is 35.5 Å². The lowest BCUT2D eigenvalue weighted by molar-refractivity contribution is -0.116. The molecule has 7 nitrogen and oxygen atoms in total. The van der Waals surface area contributed by atoms with E-state index in [-0.39, 0.29) is 18.6 Å². The number of aryl methyl sites for hydroxylation is 2. The van der Waals surface area contributed by atoms with Crippen LogP contribution < -0.4 is 5.32 Å². The van der Waals surface area contributed by atoms with Crippen molar-refractivity contribution in [2.45, 2.75) is 52.6 Å². The molecule has 1 unspecified atom stereocenters. The maximum absolute atomic E-state index is 12.0. The van der Waals surface area contributed by atoms with Crippen LogP contribution in [-0.4, -0.2) is 40.8 Å². The molecule has 1 aromatic carbocycles. The highest BCUT2D eigenvalue weighted by molar-refractivity contribution is 5.89. The van der Waals surface area contributed by atoms with Crippen LogP contribution in [0, 0.1) is 6.92 Å². The molecule has 0 aliphatic heterocycles. The number of amides is 2. The zero-order valence-corrected chi connectivity index (χ0v) is 16.9. The highest BCUT2D eigenvalue weighted by atomic mass is 16.6. The Morgan fingerprint density at radius 3 is 2.61 bits per heavy atom. The minimum absolute atomic E-state index is 0.172. The molecule has 0 radical (unpaired) electrons. The Morgan fingerprint density at radius 1 is 1.29 bits per heavy atom. The second-order valence-corrected chi connectivity index (χ2v) is 6.92. The predicted octanol–water partition coefficient (Wildman–Crippen LogP) is 3.34. The van der Waals surface area contributed by atoms with Crippen LogP contribution in [-0.2, 0) is 22.4 Å². The topological polar surface area (TPSA) is 96.4 Å². The Morgan fingerprint density at radius 2 is 2.00 bits per heavy atom. The number of ether oxygens (including phenoxy) is 1. The van der Waals surface area contributed by atoms with Gasteiger partial charge in [-0.2, -0.15) is 0 Å². The standard InChI is InChI=1S/C21H28N4O3/c1-5-18-12-23-20(25-18)17(10-16-8-6-15(4)7-9-16)11-22-19(26)13-24-21(27)28-14(2)3/h6-9,11-12,14,17H,5,10,13H2,1-4H3,(H,23,25)(H,24,27). The van der Waals surface area contributed by atoms with Gasteiger partial charge in [-0.05, 0) is 39.2 Å². The minimum atomic E-state index is -0.631. The smallest absolute Gasteiger partial charge is 0.407 e. The maximum atomic E-state index is 12.0. The van der Waals surface area contributed by atoms with Crippen molar-refractivity contribution in [1.29, 1.82) is 0 Å². The molecule has 0 saturated heterocycles. The predicted molar refractivity (Wildman–Crippen MR) is 109 cm³/mol. The number of aromatic nitrogens is 2.